The molecule has 0 radical (unpaired) electrons. The van der Waals surface area contributed by atoms with Gasteiger partial charge in [0.1, 0.15) is 11.5 Å². The van der Waals surface area contributed by atoms with E-state index in [1.165, 1.54) is 5.56 Å². The number of aryl methyl sites for hydroxylation is 1. The molecule has 0 aliphatic rings. The van der Waals surface area contributed by atoms with Crippen molar-refractivity contribution in [1.82, 2.24) is 10.9 Å². The summed E-state index contributed by atoms with van der Waals surface area (Å²) >= 11 is 0. The summed E-state index contributed by atoms with van der Waals surface area (Å²) in [4.78, 5) is 24.4. The number of nitrogens with one attached hydrogen (secondary N) is 2. The molecule has 6 nitrogen and oxygen atoms in total. The van der Waals surface area contributed by atoms with Gasteiger partial charge in [0.05, 0.1) is 6.61 Å². The van der Waals surface area contributed by atoms with E-state index in [4.69, 9.17) is 9.47 Å². The molecule has 6 heteroatoms. The van der Waals surface area contributed by atoms with Gasteiger partial charge in [0.25, 0.3) is 11.8 Å². The number of hydrogen-bond donors (Lipinski definition) is 2. The third-order valence-electron chi connectivity index (χ3n) is 4.39. The predicted octanol–water partition coefficient (Wildman–Crippen LogP) is 3.90. The first-order valence-corrected chi connectivity index (χ1v) is 9.97. The van der Waals surface area contributed by atoms with Crippen LogP contribution in [0.15, 0.2) is 48.5 Å². The molecule has 1 atom stereocenters. The molecule has 0 fully saturated rings. The molecule has 2 rings (SSSR count). The molecule has 2 amide bonds. The van der Waals surface area contributed by atoms with Crippen molar-refractivity contribution in [3.8, 4) is 11.5 Å². The molecule has 0 aromatic heterocycles. The SMILES string of the molecule is CCc1ccc(OC(C)C(=O)NNC(=O)c2ccc(OCCC(C)C)cc2)cc1. The van der Waals surface area contributed by atoms with Gasteiger partial charge >= 0.3 is 0 Å². The van der Waals surface area contributed by atoms with Crippen LogP contribution in [0.4, 0.5) is 0 Å². The van der Waals surface area contributed by atoms with Crippen LogP contribution in [0, 0.1) is 5.92 Å². The van der Waals surface area contributed by atoms with Crippen molar-refractivity contribution in [2.45, 2.75) is 46.6 Å². The summed E-state index contributed by atoms with van der Waals surface area (Å²) < 4.78 is 11.2. The van der Waals surface area contributed by atoms with Gasteiger partial charge in [-0.1, -0.05) is 32.9 Å². The maximum Gasteiger partial charge on any atom is 0.279 e. The normalized spacial score (nSPS) is 11.6. The standard InChI is InChI=1S/C23H30N2O4/c1-5-18-6-10-21(11-7-18)29-17(4)22(26)24-25-23(27)19-8-12-20(13-9-19)28-15-14-16(2)3/h6-13,16-17H,5,14-15H2,1-4H3,(H,24,26)(H,25,27). The summed E-state index contributed by atoms with van der Waals surface area (Å²) in [5.41, 5.74) is 6.41. The molecule has 0 aliphatic carbocycles. The van der Waals surface area contributed by atoms with E-state index in [1.807, 2.05) is 24.3 Å². The van der Waals surface area contributed by atoms with Crippen LogP contribution in [0.1, 0.15) is 50.0 Å². The highest BCUT2D eigenvalue weighted by atomic mass is 16.5. The molecule has 2 aromatic rings. The third-order valence-corrected chi connectivity index (χ3v) is 4.39. The van der Waals surface area contributed by atoms with Crippen LogP contribution in [0.3, 0.4) is 0 Å². The van der Waals surface area contributed by atoms with Crippen LogP contribution in [0.5, 0.6) is 11.5 Å². The van der Waals surface area contributed by atoms with Crippen molar-refractivity contribution in [1.29, 1.82) is 0 Å². The van der Waals surface area contributed by atoms with Crippen LogP contribution in [-0.2, 0) is 11.2 Å². The highest BCUT2D eigenvalue weighted by molar-refractivity contribution is 5.95. The number of ether oxygens (including phenoxy) is 2. The minimum atomic E-state index is -0.750. The van der Waals surface area contributed by atoms with E-state index in [2.05, 4.69) is 31.6 Å². The number of hydrazine groups is 1. The number of amides is 2. The molecule has 0 aliphatic heterocycles. The topological polar surface area (TPSA) is 76.7 Å². The fraction of sp³-hybridized carbons (Fsp3) is 0.391. The fourth-order valence-electron chi connectivity index (χ4n) is 2.47. The zero-order valence-corrected chi connectivity index (χ0v) is 17.5. The second kappa shape index (κ2) is 11.1. The zero-order valence-electron chi connectivity index (χ0n) is 17.5. The highest BCUT2D eigenvalue weighted by Crippen LogP contribution is 2.15. The molecule has 0 spiro atoms. The summed E-state index contributed by atoms with van der Waals surface area (Å²) in [5.74, 6) is 1.04. The summed E-state index contributed by atoms with van der Waals surface area (Å²) in [6, 6.07) is 14.3. The number of rotatable bonds is 9. The average Bonchev–Trinajstić information content (AvgIpc) is 2.72. The number of benzene rings is 2. The van der Waals surface area contributed by atoms with Gasteiger partial charge in [-0.25, -0.2) is 0 Å². The Morgan fingerprint density at radius 2 is 1.52 bits per heavy atom. The lowest BCUT2D eigenvalue weighted by Gasteiger charge is -2.15. The Morgan fingerprint density at radius 1 is 0.897 bits per heavy atom. The highest BCUT2D eigenvalue weighted by Gasteiger charge is 2.16. The third kappa shape index (κ3) is 7.49. The van der Waals surface area contributed by atoms with Crippen molar-refractivity contribution in [3.05, 3.63) is 59.7 Å². The molecule has 0 saturated carbocycles. The van der Waals surface area contributed by atoms with Crippen molar-refractivity contribution in [2.75, 3.05) is 6.61 Å². The first kappa shape index (κ1) is 22.3. The van der Waals surface area contributed by atoms with Crippen molar-refractivity contribution in [2.24, 2.45) is 5.92 Å². The summed E-state index contributed by atoms with van der Waals surface area (Å²) in [5, 5.41) is 0. The smallest absolute Gasteiger partial charge is 0.279 e. The molecule has 1 unspecified atom stereocenters. The Labute approximate surface area is 172 Å². The zero-order chi connectivity index (χ0) is 21.2. The lowest BCUT2D eigenvalue weighted by molar-refractivity contribution is -0.128. The maximum atomic E-state index is 12.2. The fourth-order valence-corrected chi connectivity index (χ4v) is 2.47. The van der Waals surface area contributed by atoms with E-state index in [1.54, 1.807) is 31.2 Å². The summed E-state index contributed by atoms with van der Waals surface area (Å²) in [6.45, 7) is 8.61. The van der Waals surface area contributed by atoms with Gasteiger partial charge in [-0.2, -0.15) is 0 Å². The lowest BCUT2D eigenvalue weighted by Crippen LogP contribution is -2.47. The second-order valence-corrected chi connectivity index (χ2v) is 7.26. The Hall–Kier alpha value is -3.02. The quantitative estimate of drug-likeness (QED) is 0.628. The van der Waals surface area contributed by atoms with E-state index < -0.39 is 17.9 Å². The first-order valence-electron chi connectivity index (χ1n) is 9.97. The number of carbonyl (C=O) groups is 2. The molecular weight excluding hydrogens is 368 g/mol. The Bertz CT molecular complexity index is 786. The van der Waals surface area contributed by atoms with Gasteiger partial charge < -0.3 is 9.47 Å². The van der Waals surface area contributed by atoms with E-state index in [0.29, 0.717) is 29.6 Å². The summed E-state index contributed by atoms with van der Waals surface area (Å²) in [6.07, 6.45) is 1.16. The molecular formula is C23H30N2O4. The number of hydrogen-bond acceptors (Lipinski definition) is 4. The monoisotopic (exact) mass is 398 g/mol. The van der Waals surface area contributed by atoms with Crippen LogP contribution < -0.4 is 20.3 Å². The molecule has 0 heterocycles. The van der Waals surface area contributed by atoms with E-state index >= 15 is 0 Å². The summed E-state index contributed by atoms with van der Waals surface area (Å²) in [7, 11) is 0. The second-order valence-electron chi connectivity index (χ2n) is 7.26. The molecule has 0 saturated heterocycles. The van der Waals surface area contributed by atoms with Crippen molar-refractivity contribution < 1.29 is 19.1 Å². The van der Waals surface area contributed by atoms with Gasteiger partial charge in [0.2, 0.25) is 0 Å². The van der Waals surface area contributed by atoms with Crippen LogP contribution in [0.2, 0.25) is 0 Å². The molecule has 0 bridgehead atoms. The van der Waals surface area contributed by atoms with Crippen molar-refractivity contribution >= 4 is 11.8 Å². The van der Waals surface area contributed by atoms with E-state index in [-0.39, 0.29) is 0 Å². The molecule has 2 N–H and O–H groups in total. The minimum Gasteiger partial charge on any atom is -0.494 e. The van der Waals surface area contributed by atoms with Gasteiger partial charge in [-0.3, -0.25) is 20.4 Å². The van der Waals surface area contributed by atoms with Crippen LogP contribution in [-0.4, -0.2) is 24.5 Å². The van der Waals surface area contributed by atoms with E-state index in [9.17, 15) is 9.59 Å². The van der Waals surface area contributed by atoms with Crippen LogP contribution >= 0.6 is 0 Å². The Morgan fingerprint density at radius 3 is 2.10 bits per heavy atom. The van der Waals surface area contributed by atoms with Gasteiger partial charge in [0.15, 0.2) is 6.10 Å². The van der Waals surface area contributed by atoms with Crippen LogP contribution in [0.25, 0.3) is 0 Å². The average molecular weight is 399 g/mol. The van der Waals surface area contributed by atoms with E-state index in [0.717, 1.165) is 12.8 Å². The number of carbonyl (C=O) groups excluding carboxylic acids is 2. The van der Waals surface area contributed by atoms with Gasteiger partial charge in [0, 0.05) is 5.56 Å². The lowest BCUT2D eigenvalue weighted by atomic mass is 10.1. The van der Waals surface area contributed by atoms with Gasteiger partial charge in [-0.05, 0) is 67.6 Å². The largest absolute Gasteiger partial charge is 0.494 e. The first-order chi connectivity index (χ1) is 13.9. The predicted molar refractivity (Wildman–Crippen MR) is 113 cm³/mol. The molecule has 2 aromatic carbocycles. The maximum absolute atomic E-state index is 12.2. The Kier molecular flexibility index (Phi) is 8.52. The molecule has 156 valence electrons. The molecule has 29 heavy (non-hydrogen) atoms. The van der Waals surface area contributed by atoms with Gasteiger partial charge in [-0.15, -0.1) is 0 Å². The minimum absolute atomic E-state index is 0.411. The van der Waals surface area contributed by atoms with Crippen molar-refractivity contribution in [3.63, 3.8) is 0 Å². The Balaban J connectivity index is 1.78.